The number of allylic oxidation sites excluding steroid dienone is 1. The molecule has 1 heterocycles. The number of aliphatic hydroxyl groups is 1. The van der Waals surface area contributed by atoms with Gasteiger partial charge in [-0.25, -0.2) is 0 Å². The van der Waals surface area contributed by atoms with Gasteiger partial charge in [0.05, 0.1) is 19.8 Å². The molecule has 0 aliphatic carbocycles. The van der Waals surface area contributed by atoms with Crippen LogP contribution < -0.4 is 19.7 Å². The predicted octanol–water partition coefficient (Wildman–Crippen LogP) is 4.26. The third kappa shape index (κ3) is 5.66. The molecule has 0 unspecified atom stereocenters. The number of amides is 1. The Hall–Kier alpha value is -3.77. The van der Waals surface area contributed by atoms with Crippen LogP contribution >= 0.6 is 0 Å². The fourth-order valence-electron chi connectivity index (χ4n) is 4.33. The first kappa shape index (κ1) is 24.4. The van der Waals surface area contributed by atoms with E-state index < -0.39 is 0 Å². The second-order valence-electron chi connectivity index (χ2n) is 8.75. The van der Waals surface area contributed by atoms with E-state index in [1.807, 2.05) is 91.7 Å². The Labute approximate surface area is 206 Å². The van der Waals surface area contributed by atoms with Crippen LogP contribution in [0.2, 0.25) is 0 Å². The third-order valence-corrected chi connectivity index (χ3v) is 6.43. The number of aliphatic hydroxyl groups excluding tert-OH is 1. The molecule has 0 spiro atoms. The van der Waals surface area contributed by atoms with Gasteiger partial charge in [-0.15, -0.1) is 0 Å². The number of carbonyl (C=O) groups is 1. The molecule has 6 nitrogen and oxygen atoms in total. The van der Waals surface area contributed by atoms with E-state index in [0.29, 0.717) is 36.5 Å². The number of ether oxygens (including phenoxy) is 2. The summed E-state index contributed by atoms with van der Waals surface area (Å²) in [7, 11) is 3.57. The summed E-state index contributed by atoms with van der Waals surface area (Å²) in [4.78, 5) is 15.3. The lowest BCUT2D eigenvalue weighted by Crippen LogP contribution is -2.41. The SMILES string of the molecule is COc1cc2c(cc1OCc1ccccc1)CC(C(=O)N[C@H](CO)Cc1ccccc1)=C(C)N2C. The minimum atomic E-state index is -0.363. The summed E-state index contributed by atoms with van der Waals surface area (Å²) in [6.45, 7) is 2.23. The summed E-state index contributed by atoms with van der Waals surface area (Å²) in [5, 5.41) is 12.9. The van der Waals surface area contributed by atoms with Gasteiger partial charge < -0.3 is 24.8 Å². The average molecular weight is 473 g/mol. The molecule has 0 radical (unpaired) electrons. The van der Waals surface area contributed by atoms with E-state index in [1.165, 1.54) is 0 Å². The van der Waals surface area contributed by atoms with Crippen LogP contribution in [-0.4, -0.2) is 37.8 Å². The highest BCUT2D eigenvalue weighted by molar-refractivity contribution is 5.96. The van der Waals surface area contributed by atoms with Crippen molar-refractivity contribution in [3.8, 4) is 11.5 Å². The van der Waals surface area contributed by atoms with Gasteiger partial charge >= 0.3 is 0 Å². The smallest absolute Gasteiger partial charge is 0.249 e. The number of benzene rings is 3. The van der Waals surface area contributed by atoms with Crippen molar-refractivity contribution < 1.29 is 19.4 Å². The zero-order valence-corrected chi connectivity index (χ0v) is 20.5. The van der Waals surface area contributed by atoms with Gasteiger partial charge in [0.15, 0.2) is 11.5 Å². The fourth-order valence-corrected chi connectivity index (χ4v) is 4.33. The molecule has 1 aliphatic heterocycles. The van der Waals surface area contributed by atoms with Crippen LogP contribution in [0.4, 0.5) is 5.69 Å². The van der Waals surface area contributed by atoms with Crippen LogP contribution in [0.15, 0.2) is 84.1 Å². The highest BCUT2D eigenvalue weighted by atomic mass is 16.5. The normalized spacial score (nSPS) is 13.8. The van der Waals surface area contributed by atoms with Gasteiger partial charge in [0.2, 0.25) is 5.91 Å². The Morgan fingerprint density at radius 2 is 1.69 bits per heavy atom. The Balaban J connectivity index is 1.53. The number of anilines is 1. The first-order valence-corrected chi connectivity index (χ1v) is 11.8. The molecule has 3 aromatic rings. The van der Waals surface area contributed by atoms with Gasteiger partial charge in [0.1, 0.15) is 6.61 Å². The maximum Gasteiger partial charge on any atom is 0.249 e. The number of hydrogen-bond donors (Lipinski definition) is 2. The van der Waals surface area contributed by atoms with Crippen LogP contribution in [0.1, 0.15) is 23.6 Å². The standard InChI is InChI=1S/C29H32N2O4/c1-20-25(29(33)30-24(18-32)14-21-10-6-4-7-11-21)15-23-16-28(27(34-3)17-26(23)31(20)2)35-19-22-12-8-5-9-13-22/h4-13,16-17,24,32H,14-15,18-19H2,1-3H3,(H,30,33)/t24-/m0/s1. The van der Waals surface area contributed by atoms with Crippen molar-refractivity contribution in [1.82, 2.24) is 5.32 Å². The van der Waals surface area contributed by atoms with Gasteiger partial charge in [0.25, 0.3) is 0 Å². The number of carbonyl (C=O) groups excluding carboxylic acids is 1. The van der Waals surface area contributed by atoms with Crippen molar-refractivity contribution in [1.29, 1.82) is 0 Å². The molecule has 1 atom stereocenters. The molecule has 0 saturated carbocycles. The molecule has 4 rings (SSSR count). The van der Waals surface area contributed by atoms with Crippen LogP contribution in [0.3, 0.4) is 0 Å². The van der Waals surface area contributed by atoms with Crippen molar-refractivity contribution in [3.05, 3.63) is 101 Å². The molecular weight excluding hydrogens is 440 g/mol. The third-order valence-electron chi connectivity index (χ3n) is 6.43. The van der Waals surface area contributed by atoms with Crippen molar-refractivity contribution in [2.45, 2.75) is 32.4 Å². The van der Waals surface area contributed by atoms with Crippen molar-refractivity contribution >= 4 is 11.6 Å². The maximum absolute atomic E-state index is 13.3. The van der Waals surface area contributed by atoms with E-state index in [2.05, 4.69) is 5.32 Å². The number of methoxy groups -OCH3 is 1. The zero-order chi connectivity index (χ0) is 24.8. The molecule has 0 fully saturated rings. The molecule has 1 aliphatic rings. The molecular formula is C29H32N2O4. The summed E-state index contributed by atoms with van der Waals surface area (Å²) in [5.41, 5.74) is 5.63. The Morgan fingerprint density at radius 1 is 1.03 bits per heavy atom. The van der Waals surface area contributed by atoms with Crippen LogP contribution in [-0.2, 0) is 24.2 Å². The maximum atomic E-state index is 13.3. The lowest BCUT2D eigenvalue weighted by molar-refractivity contribution is -0.118. The largest absolute Gasteiger partial charge is 0.493 e. The number of rotatable bonds is 9. The quantitative estimate of drug-likeness (QED) is 0.487. The number of nitrogens with one attached hydrogen (secondary N) is 1. The predicted molar refractivity (Wildman–Crippen MR) is 138 cm³/mol. The fraction of sp³-hybridized carbons (Fsp3) is 0.276. The summed E-state index contributed by atoms with van der Waals surface area (Å²) < 4.78 is 11.7. The number of nitrogens with zero attached hydrogens (tertiary/aromatic N) is 1. The van der Waals surface area contributed by atoms with Gasteiger partial charge in [-0.2, -0.15) is 0 Å². The van der Waals surface area contributed by atoms with E-state index >= 15 is 0 Å². The molecule has 0 saturated heterocycles. The second-order valence-corrected chi connectivity index (χ2v) is 8.75. The first-order valence-electron chi connectivity index (χ1n) is 11.8. The van der Waals surface area contributed by atoms with Crippen molar-refractivity contribution in [3.63, 3.8) is 0 Å². The van der Waals surface area contributed by atoms with Crippen LogP contribution in [0, 0.1) is 0 Å². The lowest BCUT2D eigenvalue weighted by atomic mass is 9.94. The van der Waals surface area contributed by atoms with Crippen LogP contribution in [0.5, 0.6) is 11.5 Å². The van der Waals surface area contributed by atoms with Gasteiger partial charge in [-0.1, -0.05) is 60.7 Å². The second kappa shape index (κ2) is 11.1. The average Bonchev–Trinajstić information content (AvgIpc) is 2.89. The van der Waals surface area contributed by atoms with Gasteiger partial charge in [0, 0.05) is 36.5 Å². The van der Waals surface area contributed by atoms with E-state index in [9.17, 15) is 9.90 Å². The lowest BCUT2D eigenvalue weighted by Gasteiger charge is -2.32. The topological polar surface area (TPSA) is 71.0 Å². The van der Waals surface area contributed by atoms with E-state index in [0.717, 1.165) is 28.1 Å². The van der Waals surface area contributed by atoms with E-state index in [-0.39, 0.29) is 18.6 Å². The summed E-state index contributed by atoms with van der Waals surface area (Å²) in [6, 6.07) is 23.4. The molecule has 6 heteroatoms. The number of fused-ring (bicyclic) bond motifs is 1. The minimum Gasteiger partial charge on any atom is -0.493 e. The monoisotopic (exact) mass is 472 g/mol. The Morgan fingerprint density at radius 3 is 2.31 bits per heavy atom. The van der Waals surface area contributed by atoms with Crippen molar-refractivity contribution in [2.24, 2.45) is 0 Å². The van der Waals surface area contributed by atoms with Crippen molar-refractivity contribution in [2.75, 3.05) is 25.7 Å². The molecule has 0 aromatic heterocycles. The van der Waals surface area contributed by atoms with E-state index in [1.54, 1.807) is 7.11 Å². The van der Waals surface area contributed by atoms with Crippen LogP contribution in [0.25, 0.3) is 0 Å². The molecule has 1 amide bonds. The van der Waals surface area contributed by atoms with Gasteiger partial charge in [-0.05, 0) is 36.1 Å². The molecule has 182 valence electrons. The molecule has 3 aromatic carbocycles. The molecule has 2 N–H and O–H groups in total. The Bertz CT molecular complexity index is 1190. The Kier molecular flexibility index (Phi) is 7.73. The van der Waals surface area contributed by atoms with E-state index in [4.69, 9.17) is 9.47 Å². The minimum absolute atomic E-state index is 0.131. The summed E-state index contributed by atoms with van der Waals surface area (Å²) >= 11 is 0. The zero-order valence-electron chi connectivity index (χ0n) is 20.5. The molecule has 35 heavy (non-hydrogen) atoms. The summed E-state index contributed by atoms with van der Waals surface area (Å²) in [5.74, 6) is 1.12. The first-order chi connectivity index (χ1) is 17.0. The highest BCUT2D eigenvalue weighted by Crippen LogP contribution is 2.40. The number of hydrogen-bond acceptors (Lipinski definition) is 5. The highest BCUT2D eigenvalue weighted by Gasteiger charge is 2.27. The van der Waals surface area contributed by atoms with Gasteiger partial charge in [-0.3, -0.25) is 4.79 Å². The molecule has 0 bridgehead atoms. The summed E-state index contributed by atoms with van der Waals surface area (Å²) in [6.07, 6.45) is 1.03.